The van der Waals surface area contributed by atoms with Crippen molar-refractivity contribution in [3.8, 4) is 11.1 Å². The molecule has 2 nitrogen and oxygen atoms in total. The Kier molecular flexibility index (Phi) is 4.61. The second-order valence-corrected chi connectivity index (χ2v) is 6.53. The monoisotopic (exact) mass is 296 g/mol. The molecule has 0 radical (unpaired) electrons. The van der Waals surface area contributed by atoms with Crippen LogP contribution < -0.4 is 5.32 Å². The minimum Gasteiger partial charge on any atom is -0.335 e. The lowest BCUT2D eigenvalue weighted by molar-refractivity contribution is 0.754. The normalized spacial score (nSPS) is 17.6. The van der Waals surface area contributed by atoms with E-state index in [9.17, 15) is 0 Å². The summed E-state index contributed by atoms with van der Waals surface area (Å²) < 4.78 is 0. The van der Waals surface area contributed by atoms with E-state index in [0.29, 0.717) is 5.25 Å². The van der Waals surface area contributed by atoms with Gasteiger partial charge in [0.05, 0.1) is 6.54 Å². The van der Waals surface area contributed by atoms with Gasteiger partial charge in [-0.3, -0.25) is 4.99 Å². The van der Waals surface area contributed by atoms with Gasteiger partial charge in [-0.05, 0) is 29.7 Å². The van der Waals surface area contributed by atoms with Crippen LogP contribution in [0.3, 0.4) is 0 Å². The van der Waals surface area contributed by atoms with Crippen LogP contribution in [0, 0.1) is 0 Å². The second-order valence-electron chi connectivity index (χ2n) is 5.24. The fourth-order valence-corrected chi connectivity index (χ4v) is 3.60. The molecule has 2 aromatic carbocycles. The van der Waals surface area contributed by atoms with Gasteiger partial charge in [0, 0.05) is 10.9 Å². The Morgan fingerprint density at radius 3 is 2.48 bits per heavy atom. The Bertz CT molecular complexity index is 605. The number of hydrogen-bond acceptors (Lipinski definition) is 3. The highest BCUT2D eigenvalue weighted by atomic mass is 32.2. The number of nitrogens with zero attached hydrogens (tertiary/aromatic N) is 1. The van der Waals surface area contributed by atoms with Gasteiger partial charge in [0.25, 0.3) is 0 Å². The van der Waals surface area contributed by atoms with E-state index >= 15 is 0 Å². The van der Waals surface area contributed by atoms with Crippen molar-refractivity contribution in [2.45, 2.75) is 25.0 Å². The van der Waals surface area contributed by atoms with Crippen LogP contribution >= 0.6 is 11.8 Å². The summed E-state index contributed by atoms with van der Waals surface area (Å²) in [5.41, 5.74) is 3.60. The highest BCUT2D eigenvalue weighted by Crippen LogP contribution is 2.27. The number of hydrogen-bond donors (Lipinski definition) is 1. The van der Waals surface area contributed by atoms with Crippen molar-refractivity contribution in [1.29, 1.82) is 0 Å². The lowest BCUT2D eigenvalue weighted by atomic mass is 10.1. The predicted molar refractivity (Wildman–Crippen MR) is 94.1 cm³/mol. The number of thioether (sulfide) groups is 1. The molecule has 0 bridgehead atoms. The Morgan fingerprint density at radius 2 is 1.76 bits per heavy atom. The average Bonchev–Trinajstić information content (AvgIpc) is 2.97. The summed E-state index contributed by atoms with van der Waals surface area (Å²) in [6, 6.07) is 19.0. The first-order valence-corrected chi connectivity index (χ1v) is 8.36. The van der Waals surface area contributed by atoms with Gasteiger partial charge < -0.3 is 5.32 Å². The van der Waals surface area contributed by atoms with Crippen molar-refractivity contribution in [2.75, 3.05) is 11.9 Å². The number of nitrogens with one attached hydrogen (secondary N) is 1. The summed E-state index contributed by atoms with van der Waals surface area (Å²) in [5, 5.41) is 5.13. The van der Waals surface area contributed by atoms with E-state index in [-0.39, 0.29) is 0 Å². The Balaban J connectivity index is 1.63. The van der Waals surface area contributed by atoms with Crippen LogP contribution in [-0.2, 0) is 0 Å². The number of amidine groups is 1. The van der Waals surface area contributed by atoms with Crippen LogP contribution in [0.25, 0.3) is 11.1 Å². The number of rotatable bonds is 4. The number of benzene rings is 2. The van der Waals surface area contributed by atoms with E-state index in [0.717, 1.165) is 17.4 Å². The van der Waals surface area contributed by atoms with Gasteiger partial charge in [0.15, 0.2) is 5.17 Å². The van der Waals surface area contributed by atoms with Gasteiger partial charge >= 0.3 is 0 Å². The zero-order valence-electron chi connectivity index (χ0n) is 12.3. The summed E-state index contributed by atoms with van der Waals surface area (Å²) in [4.78, 5) is 4.58. The van der Waals surface area contributed by atoms with Gasteiger partial charge in [-0.1, -0.05) is 67.6 Å². The molecule has 0 spiro atoms. The van der Waals surface area contributed by atoms with Crippen molar-refractivity contribution in [3.05, 3.63) is 54.6 Å². The quantitative estimate of drug-likeness (QED) is 0.855. The maximum atomic E-state index is 4.58. The van der Waals surface area contributed by atoms with Crippen LogP contribution in [0.1, 0.15) is 19.8 Å². The number of anilines is 1. The van der Waals surface area contributed by atoms with Gasteiger partial charge in [0.1, 0.15) is 0 Å². The predicted octanol–water partition coefficient (Wildman–Crippen LogP) is 5.04. The largest absolute Gasteiger partial charge is 0.335 e. The highest BCUT2D eigenvalue weighted by Gasteiger charge is 2.18. The van der Waals surface area contributed by atoms with E-state index in [1.807, 2.05) is 17.8 Å². The van der Waals surface area contributed by atoms with Crippen molar-refractivity contribution >= 4 is 22.6 Å². The molecule has 1 N–H and O–H groups in total. The minimum absolute atomic E-state index is 0.654. The first kappa shape index (κ1) is 14.2. The molecule has 3 rings (SSSR count). The summed E-state index contributed by atoms with van der Waals surface area (Å²) in [6.45, 7) is 3.18. The lowest BCUT2D eigenvalue weighted by Crippen LogP contribution is -2.07. The van der Waals surface area contributed by atoms with E-state index in [1.54, 1.807) is 0 Å². The van der Waals surface area contributed by atoms with Gasteiger partial charge in [-0.15, -0.1) is 0 Å². The topological polar surface area (TPSA) is 24.4 Å². The molecule has 0 aliphatic carbocycles. The van der Waals surface area contributed by atoms with Crippen molar-refractivity contribution < 1.29 is 0 Å². The summed E-state index contributed by atoms with van der Waals surface area (Å²) in [5.74, 6) is 0. The molecule has 21 heavy (non-hydrogen) atoms. The molecule has 3 heteroatoms. The van der Waals surface area contributed by atoms with Crippen molar-refractivity contribution in [2.24, 2.45) is 4.99 Å². The Morgan fingerprint density at radius 1 is 1.05 bits per heavy atom. The second kappa shape index (κ2) is 6.81. The summed E-state index contributed by atoms with van der Waals surface area (Å²) >= 11 is 1.87. The van der Waals surface area contributed by atoms with Gasteiger partial charge in [-0.25, -0.2) is 0 Å². The first-order chi connectivity index (χ1) is 10.3. The van der Waals surface area contributed by atoms with Crippen molar-refractivity contribution in [3.63, 3.8) is 0 Å². The van der Waals surface area contributed by atoms with E-state index in [2.05, 4.69) is 65.8 Å². The maximum Gasteiger partial charge on any atom is 0.161 e. The fourth-order valence-electron chi connectivity index (χ4n) is 2.46. The minimum atomic E-state index is 0.654. The summed E-state index contributed by atoms with van der Waals surface area (Å²) in [7, 11) is 0. The Labute approximate surface area is 130 Å². The zero-order valence-corrected chi connectivity index (χ0v) is 13.1. The highest BCUT2D eigenvalue weighted by molar-refractivity contribution is 8.15. The molecule has 0 aromatic heterocycles. The molecule has 108 valence electrons. The van der Waals surface area contributed by atoms with Crippen molar-refractivity contribution in [1.82, 2.24) is 0 Å². The van der Waals surface area contributed by atoms with E-state index in [4.69, 9.17) is 0 Å². The van der Waals surface area contributed by atoms with Crippen LogP contribution in [0.15, 0.2) is 59.6 Å². The molecule has 1 atom stereocenters. The third-order valence-electron chi connectivity index (χ3n) is 3.57. The molecule has 1 aliphatic rings. The molecular formula is C18H20N2S. The van der Waals surface area contributed by atoms with Gasteiger partial charge in [0.2, 0.25) is 0 Å². The van der Waals surface area contributed by atoms with E-state index < -0.39 is 0 Å². The van der Waals surface area contributed by atoms with Crippen LogP contribution in [-0.4, -0.2) is 17.0 Å². The molecule has 0 saturated heterocycles. The molecular weight excluding hydrogens is 276 g/mol. The number of aliphatic imine (C=N–C) groups is 1. The van der Waals surface area contributed by atoms with Crippen LogP contribution in [0.2, 0.25) is 0 Å². The van der Waals surface area contributed by atoms with E-state index in [1.165, 1.54) is 24.0 Å². The van der Waals surface area contributed by atoms with Crippen LogP contribution in [0.5, 0.6) is 0 Å². The smallest absolute Gasteiger partial charge is 0.161 e. The molecule has 0 saturated carbocycles. The standard InChI is InChI=1S/C18H20N2S/c1-2-6-17-13-19-18(21-17)20-16-11-9-15(10-12-16)14-7-4-3-5-8-14/h3-5,7-12,17H,2,6,13H2,1H3,(H,19,20). The maximum absolute atomic E-state index is 4.58. The molecule has 1 aliphatic heterocycles. The first-order valence-electron chi connectivity index (χ1n) is 7.49. The molecule has 0 fully saturated rings. The third kappa shape index (κ3) is 3.67. The molecule has 0 amide bonds. The Hall–Kier alpha value is -1.74. The molecule has 2 aromatic rings. The SMILES string of the molecule is CCCC1CN=C(Nc2ccc(-c3ccccc3)cc2)S1. The third-order valence-corrected chi connectivity index (χ3v) is 4.74. The fraction of sp³-hybridized carbons (Fsp3) is 0.278. The average molecular weight is 296 g/mol. The molecule has 1 heterocycles. The van der Waals surface area contributed by atoms with Gasteiger partial charge in [-0.2, -0.15) is 0 Å². The summed E-state index contributed by atoms with van der Waals surface area (Å²) in [6.07, 6.45) is 2.47. The lowest BCUT2D eigenvalue weighted by Gasteiger charge is -2.09. The zero-order chi connectivity index (χ0) is 14.5. The molecule has 1 unspecified atom stereocenters. The van der Waals surface area contributed by atoms with Crippen LogP contribution in [0.4, 0.5) is 5.69 Å².